The number of pyridine rings is 2. The first kappa shape index (κ1) is 16.2. The minimum Gasteiger partial charge on any atom is -0.495 e. The fourth-order valence-electron chi connectivity index (χ4n) is 3.09. The molecule has 0 N–H and O–H groups in total. The number of hydrogen-bond acceptors (Lipinski definition) is 5. The molecule has 1 aliphatic rings. The van der Waals surface area contributed by atoms with Gasteiger partial charge < -0.3 is 9.64 Å². The van der Waals surface area contributed by atoms with Crippen LogP contribution >= 0.6 is 15.9 Å². The predicted molar refractivity (Wildman–Crippen MR) is 94.8 cm³/mol. The van der Waals surface area contributed by atoms with Crippen molar-refractivity contribution in [2.24, 2.45) is 0 Å². The summed E-state index contributed by atoms with van der Waals surface area (Å²) in [5.41, 5.74) is 2.40. The molecule has 3 rings (SSSR count). The van der Waals surface area contributed by atoms with Crippen LogP contribution in [0.4, 0.5) is 5.69 Å². The van der Waals surface area contributed by atoms with Crippen molar-refractivity contribution in [2.75, 3.05) is 31.6 Å². The van der Waals surface area contributed by atoms with Crippen LogP contribution in [0.3, 0.4) is 0 Å². The Balaban J connectivity index is 1.69. The molecular formula is C17H21BrN4O. The van der Waals surface area contributed by atoms with E-state index in [2.05, 4.69) is 54.8 Å². The van der Waals surface area contributed by atoms with E-state index < -0.39 is 0 Å². The molecule has 0 radical (unpaired) electrons. The van der Waals surface area contributed by atoms with Crippen molar-refractivity contribution >= 4 is 21.6 Å². The zero-order valence-corrected chi connectivity index (χ0v) is 15.0. The Hall–Kier alpha value is -1.66. The smallest absolute Gasteiger partial charge is 0.142 e. The van der Waals surface area contributed by atoms with Gasteiger partial charge in [-0.05, 0) is 35.0 Å². The number of anilines is 1. The van der Waals surface area contributed by atoms with E-state index in [1.807, 2.05) is 18.6 Å². The third-order valence-electron chi connectivity index (χ3n) is 4.27. The number of ether oxygens (including phenoxy) is 1. The maximum atomic E-state index is 5.45. The van der Waals surface area contributed by atoms with Crippen LogP contribution in [0.25, 0.3) is 0 Å². The summed E-state index contributed by atoms with van der Waals surface area (Å²) in [6.45, 7) is 6.17. The average molecular weight is 377 g/mol. The Morgan fingerprint density at radius 2 is 2.00 bits per heavy atom. The first-order chi connectivity index (χ1) is 11.2. The molecule has 5 nitrogen and oxygen atoms in total. The highest BCUT2D eigenvalue weighted by atomic mass is 79.9. The molecule has 23 heavy (non-hydrogen) atoms. The minimum atomic E-state index is 0.456. The van der Waals surface area contributed by atoms with Crippen LogP contribution in [-0.4, -0.2) is 47.7 Å². The van der Waals surface area contributed by atoms with Crippen molar-refractivity contribution < 1.29 is 4.74 Å². The van der Waals surface area contributed by atoms with Crippen LogP contribution in [-0.2, 0) is 6.54 Å². The van der Waals surface area contributed by atoms with Crippen molar-refractivity contribution in [1.82, 2.24) is 14.9 Å². The molecule has 0 spiro atoms. The molecule has 1 fully saturated rings. The summed E-state index contributed by atoms with van der Waals surface area (Å²) >= 11 is 3.59. The predicted octanol–water partition coefficient (Wildman–Crippen LogP) is 2.96. The van der Waals surface area contributed by atoms with E-state index in [0.717, 1.165) is 42.0 Å². The van der Waals surface area contributed by atoms with Gasteiger partial charge in [-0.2, -0.15) is 0 Å². The number of piperazine rings is 1. The van der Waals surface area contributed by atoms with Crippen LogP contribution in [0.1, 0.15) is 12.5 Å². The van der Waals surface area contributed by atoms with E-state index in [4.69, 9.17) is 4.74 Å². The second-order valence-corrected chi connectivity index (χ2v) is 6.64. The highest BCUT2D eigenvalue weighted by Crippen LogP contribution is 2.28. The van der Waals surface area contributed by atoms with Gasteiger partial charge in [0.25, 0.3) is 0 Å². The number of aromatic nitrogens is 2. The Labute approximate surface area is 145 Å². The molecule has 1 saturated heterocycles. The maximum absolute atomic E-state index is 5.45. The normalized spacial score (nSPS) is 18.9. The quantitative estimate of drug-likeness (QED) is 0.820. The summed E-state index contributed by atoms with van der Waals surface area (Å²) in [4.78, 5) is 13.2. The molecule has 1 aliphatic heterocycles. The SMILES string of the molecule is COc1cncc(Br)c1CN1CCN(c2ccncc2)C(C)C1. The van der Waals surface area contributed by atoms with E-state index in [1.165, 1.54) is 5.69 Å². The van der Waals surface area contributed by atoms with Crippen LogP contribution in [0, 0.1) is 0 Å². The van der Waals surface area contributed by atoms with Crippen molar-refractivity contribution in [2.45, 2.75) is 19.5 Å². The van der Waals surface area contributed by atoms with E-state index >= 15 is 0 Å². The van der Waals surface area contributed by atoms with Crippen molar-refractivity contribution in [3.63, 3.8) is 0 Å². The molecule has 0 bridgehead atoms. The van der Waals surface area contributed by atoms with E-state index in [0.29, 0.717) is 6.04 Å². The van der Waals surface area contributed by atoms with Gasteiger partial charge in [0.2, 0.25) is 0 Å². The summed E-state index contributed by atoms with van der Waals surface area (Å²) < 4.78 is 6.45. The third kappa shape index (κ3) is 3.64. The molecule has 122 valence electrons. The van der Waals surface area contributed by atoms with Crippen LogP contribution in [0.5, 0.6) is 5.75 Å². The van der Waals surface area contributed by atoms with E-state index in [1.54, 1.807) is 13.3 Å². The Morgan fingerprint density at radius 3 is 2.70 bits per heavy atom. The van der Waals surface area contributed by atoms with Crippen LogP contribution in [0.15, 0.2) is 41.4 Å². The second kappa shape index (κ2) is 7.27. The number of nitrogens with zero attached hydrogens (tertiary/aromatic N) is 4. The number of halogens is 1. The van der Waals surface area contributed by atoms with Crippen molar-refractivity contribution in [1.29, 1.82) is 0 Å². The van der Waals surface area contributed by atoms with Gasteiger partial charge in [-0.1, -0.05) is 0 Å². The molecule has 0 saturated carbocycles. The van der Waals surface area contributed by atoms with Gasteiger partial charge in [0.1, 0.15) is 5.75 Å². The molecule has 0 aromatic carbocycles. The first-order valence-electron chi connectivity index (χ1n) is 7.74. The Bertz CT molecular complexity index is 652. The standard InChI is InChI=1S/C17H21BrN4O/c1-13-11-21(7-8-22(13)14-3-5-19-6-4-14)12-15-16(18)9-20-10-17(15)23-2/h3-6,9-10,13H,7-8,11-12H2,1-2H3. The molecule has 2 aromatic heterocycles. The molecule has 6 heteroatoms. The lowest BCUT2D eigenvalue weighted by Gasteiger charge is -2.41. The summed E-state index contributed by atoms with van der Waals surface area (Å²) in [7, 11) is 1.69. The molecule has 1 atom stereocenters. The van der Waals surface area contributed by atoms with Crippen molar-refractivity contribution in [3.05, 3.63) is 47.0 Å². The van der Waals surface area contributed by atoms with Gasteiger partial charge in [-0.15, -0.1) is 0 Å². The minimum absolute atomic E-state index is 0.456. The lowest BCUT2D eigenvalue weighted by molar-refractivity contribution is 0.217. The Kier molecular flexibility index (Phi) is 5.13. The average Bonchev–Trinajstić information content (AvgIpc) is 2.57. The van der Waals surface area contributed by atoms with Crippen LogP contribution in [0.2, 0.25) is 0 Å². The lowest BCUT2D eigenvalue weighted by Crippen LogP contribution is -2.51. The van der Waals surface area contributed by atoms with Crippen molar-refractivity contribution in [3.8, 4) is 5.75 Å². The summed E-state index contributed by atoms with van der Waals surface area (Å²) in [5, 5.41) is 0. The molecule has 1 unspecified atom stereocenters. The number of hydrogen-bond donors (Lipinski definition) is 0. The molecule has 3 heterocycles. The molecule has 2 aromatic rings. The summed E-state index contributed by atoms with van der Waals surface area (Å²) in [5.74, 6) is 0.837. The van der Waals surface area contributed by atoms with E-state index in [-0.39, 0.29) is 0 Å². The van der Waals surface area contributed by atoms with Gasteiger partial charge in [0.05, 0.1) is 13.3 Å². The number of rotatable bonds is 4. The Morgan fingerprint density at radius 1 is 1.22 bits per heavy atom. The fourth-order valence-corrected chi connectivity index (χ4v) is 3.53. The third-order valence-corrected chi connectivity index (χ3v) is 4.96. The first-order valence-corrected chi connectivity index (χ1v) is 8.53. The van der Waals surface area contributed by atoms with Gasteiger partial charge in [-0.3, -0.25) is 14.9 Å². The molecular weight excluding hydrogens is 356 g/mol. The van der Waals surface area contributed by atoms with Gasteiger partial charge >= 0.3 is 0 Å². The number of methoxy groups -OCH3 is 1. The zero-order valence-electron chi connectivity index (χ0n) is 13.4. The highest BCUT2D eigenvalue weighted by Gasteiger charge is 2.25. The van der Waals surface area contributed by atoms with Gasteiger partial charge in [0, 0.05) is 66.5 Å². The van der Waals surface area contributed by atoms with Gasteiger partial charge in [-0.25, -0.2) is 0 Å². The monoisotopic (exact) mass is 376 g/mol. The summed E-state index contributed by atoms with van der Waals surface area (Å²) in [6.07, 6.45) is 7.31. The summed E-state index contributed by atoms with van der Waals surface area (Å²) in [6, 6.07) is 4.61. The molecule has 0 amide bonds. The maximum Gasteiger partial charge on any atom is 0.142 e. The second-order valence-electron chi connectivity index (χ2n) is 5.79. The largest absolute Gasteiger partial charge is 0.495 e. The topological polar surface area (TPSA) is 41.5 Å². The van der Waals surface area contributed by atoms with Gasteiger partial charge in [0.15, 0.2) is 0 Å². The lowest BCUT2D eigenvalue weighted by atomic mass is 10.1. The molecule has 0 aliphatic carbocycles. The fraction of sp³-hybridized carbons (Fsp3) is 0.412. The van der Waals surface area contributed by atoms with E-state index in [9.17, 15) is 0 Å². The highest BCUT2D eigenvalue weighted by molar-refractivity contribution is 9.10. The zero-order chi connectivity index (χ0) is 16.2. The van der Waals surface area contributed by atoms with Crippen LogP contribution < -0.4 is 9.64 Å².